The fraction of sp³-hybridized carbons (Fsp3) is 0.524. The number of ketones is 1. The number of carboxylic acid groups (broad SMARTS) is 1. The average molecular weight is 339 g/mol. The van der Waals surface area contributed by atoms with E-state index in [-0.39, 0.29) is 5.41 Å². The summed E-state index contributed by atoms with van der Waals surface area (Å²) in [5, 5.41) is 9.52. The van der Waals surface area contributed by atoms with Gasteiger partial charge in [-0.25, -0.2) is 0 Å². The van der Waals surface area contributed by atoms with E-state index in [0.717, 1.165) is 32.2 Å². The van der Waals surface area contributed by atoms with Crippen molar-refractivity contribution in [3.05, 3.63) is 47.7 Å². The smallest absolute Gasteiger partial charge is 0.312 e. The van der Waals surface area contributed by atoms with Crippen LogP contribution in [0.2, 0.25) is 0 Å². The molecule has 1 aromatic rings. The molecule has 0 radical (unpaired) electrons. The Morgan fingerprint density at radius 3 is 2.84 bits per heavy atom. The Bertz CT molecular complexity index is 711. The van der Waals surface area contributed by atoms with Gasteiger partial charge in [0.1, 0.15) is 5.78 Å². The summed E-state index contributed by atoms with van der Waals surface area (Å²) >= 11 is 0. The number of allylic oxidation sites excluding steroid dienone is 1. The minimum atomic E-state index is -0.737. The summed E-state index contributed by atoms with van der Waals surface area (Å²) in [4.78, 5) is 26.0. The van der Waals surface area contributed by atoms with Crippen molar-refractivity contribution >= 4 is 11.8 Å². The molecule has 2 heterocycles. The predicted molar refractivity (Wildman–Crippen MR) is 94.9 cm³/mol. The van der Waals surface area contributed by atoms with Crippen LogP contribution in [0.5, 0.6) is 0 Å². The van der Waals surface area contributed by atoms with E-state index in [1.807, 2.05) is 12.1 Å². The average Bonchev–Trinajstić information content (AvgIpc) is 2.98. The van der Waals surface area contributed by atoms with Gasteiger partial charge in [-0.1, -0.05) is 30.3 Å². The normalized spacial score (nSPS) is 31.8. The molecule has 0 amide bonds. The fourth-order valence-electron chi connectivity index (χ4n) is 5.19. The molecule has 0 bridgehead atoms. The molecule has 2 aliphatic heterocycles. The van der Waals surface area contributed by atoms with Gasteiger partial charge in [0.25, 0.3) is 0 Å². The van der Waals surface area contributed by atoms with Crippen molar-refractivity contribution in [1.82, 2.24) is 4.90 Å². The van der Waals surface area contributed by atoms with Crippen LogP contribution in [-0.2, 0) is 16.0 Å². The Kier molecular flexibility index (Phi) is 4.14. The molecule has 4 rings (SSSR count). The van der Waals surface area contributed by atoms with Crippen molar-refractivity contribution in [1.29, 1.82) is 0 Å². The number of Topliss-reactive ketones (excluding diaryl/α,β-unsaturated/α-hetero) is 1. The van der Waals surface area contributed by atoms with Crippen LogP contribution >= 0.6 is 0 Å². The minimum Gasteiger partial charge on any atom is -0.481 e. The van der Waals surface area contributed by atoms with Gasteiger partial charge in [0.15, 0.2) is 0 Å². The first-order valence-electron chi connectivity index (χ1n) is 9.34. The van der Waals surface area contributed by atoms with E-state index in [1.54, 1.807) is 0 Å². The van der Waals surface area contributed by atoms with Crippen molar-refractivity contribution in [3.63, 3.8) is 0 Å². The summed E-state index contributed by atoms with van der Waals surface area (Å²) in [6.07, 6.45) is 7.12. The number of carbonyl (C=O) groups excluding carboxylic acids is 1. The van der Waals surface area contributed by atoms with Crippen LogP contribution < -0.4 is 0 Å². The van der Waals surface area contributed by atoms with Gasteiger partial charge in [-0.05, 0) is 43.2 Å². The third-order valence-corrected chi connectivity index (χ3v) is 6.39. The van der Waals surface area contributed by atoms with Gasteiger partial charge in [0, 0.05) is 37.0 Å². The summed E-state index contributed by atoms with van der Waals surface area (Å²) in [5.41, 5.74) is 2.40. The summed E-state index contributed by atoms with van der Waals surface area (Å²) in [7, 11) is 0. The second kappa shape index (κ2) is 6.32. The number of hydrogen-bond acceptors (Lipinski definition) is 3. The first kappa shape index (κ1) is 16.4. The van der Waals surface area contributed by atoms with Gasteiger partial charge in [-0.2, -0.15) is 0 Å². The number of benzene rings is 1. The van der Waals surface area contributed by atoms with Crippen molar-refractivity contribution in [2.45, 2.75) is 38.5 Å². The topological polar surface area (TPSA) is 57.6 Å². The van der Waals surface area contributed by atoms with Gasteiger partial charge < -0.3 is 10.0 Å². The van der Waals surface area contributed by atoms with Crippen LogP contribution in [-0.4, -0.2) is 34.8 Å². The highest BCUT2D eigenvalue weighted by atomic mass is 16.4. The van der Waals surface area contributed by atoms with Crippen LogP contribution in [0.3, 0.4) is 0 Å². The Hall–Kier alpha value is -2.10. The molecule has 1 aliphatic carbocycles. The molecule has 132 valence electrons. The molecule has 3 aliphatic rings. The first-order chi connectivity index (χ1) is 12.1. The van der Waals surface area contributed by atoms with Crippen LogP contribution in [0.4, 0.5) is 0 Å². The van der Waals surface area contributed by atoms with Crippen molar-refractivity contribution in [3.8, 4) is 0 Å². The largest absolute Gasteiger partial charge is 0.481 e. The van der Waals surface area contributed by atoms with Gasteiger partial charge in [-0.3, -0.25) is 9.59 Å². The second-order valence-corrected chi connectivity index (χ2v) is 7.84. The Morgan fingerprint density at radius 1 is 1.28 bits per heavy atom. The zero-order chi connectivity index (χ0) is 17.4. The van der Waals surface area contributed by atoms with Crippen molar-refractivity contribution in [2.24, 2.45) is 17.3 Å². The molecule has 4 nitrogen and oxygen atoms in total. The van der Waals surface area contributed by atoms with Crippen LogP contribution in [0.15, 0.2) is 42.1 Å². The van der Waals surface area contributed by atoms with Gasteiger partial charge in [-0.15, -0.1) is 0 Å². The van der Waals surface area contributed by atoms with Crippen LogP contribution in [0.1, 0.15) is 37.7 Å². The van der Waals surface area contributed by atoms with Gasteiger partial charge in [0.2, 0.25) is 0 Å². The van der Waals surface area contributed by atoms with E-state index in [4.69, 9.17) is 0 Å². The van der Waals surface area contributed by atoms with Crippen molar-refractivity contribution in [2.75, 3.05) is 13.1 Å². The molecular weight excluding hydrogens is 314 g/mol. The van der Waals surface area contributed by atoms with E-state index in [1.165, 1.54) is 11.3 Å². The number of carbonyl (C=O) groups is 2. The highest BCUT2D eigenvalue weighted by molar-refractivity contribution is 5.80. The van der Waals surface area contributed by atoms with E-state index < -0.39 is 11.9 Å². The molecule has 0 aromatic heterocycles. The summed E-state index contributed by atoms with van der Waals surface area (Å²) in [5.74, 6) is -0.453. The first-order valence-corrected chi connectivity index (χ1v) is 9.34. The van der Waals surface area contributed by atoms with E-state index in [0.29, 0.717) is 31.1 Å². The quantitative estimate of drug-likeness (QED) is 0.918. The standard InChI is InChI=1S/C21H25NO3/c23-18-8-9-21(13-15-5-2-1-3-6-15)17(12-18)7-4-10-22-14-16(20(24)25)11-19(21)22/h1-3,5-6,11,16-17H,4,7-10,12-14H2,(H,24,25)/t16?,17-,21-/m0/s1. The van der Waals surface area contributed by atoms with E-state index in [9.17, 15) is 14.7 Å². The minimum absolute atomic E-state index is 0.0873. The summed E-state index contributed by atoms with van der Waals surface area (Å²) in [6.45, 7) is 1.50. The maximum absolute atomic E-state index is 12.2. The highest BCUT2D eigenvalue weighted by Crippen LogP contribution is 2.54. The predicted octanol–water partition coefficient (Wildman–Crippen LogP) is 3.28. The van der Waals surface area contributed by atoms with Crippen LogP contribution in [0, 0.1) is 17.3 Å². The maximum atomic E-state index is 12.2. The zero-order valence-corrected chi connectivity index (χ0v) is 14.5. The molecule has 1 saturated carbocycles. The monoisotopic (exact) mass is 339 g/mol. The molecule has 1 aromatic carbocycles. The van der Waals surface area contributed by atoms with Gasteiger partial charge >= 0.3 is 5.97 Å². The molecule has 1 saturated heterocycles. The van der Waals surface area contributed by atoms with Gasteiger partial charge in [0.05, 0.1) is 5.92 Å². The number of rotatable bonds is 3. The Labute approximate surface area is 148 Å². The summed E-state index contributed by atoms with van der Waals surface area (Å²) < 4.78 is 0. The number of nitrogens with zero attached hydrogens (tertiary/aromatic N) is 1. The molecule has 1 N–H and O–H groups in total. The fourth-order valence-corrected chi connectivity index (χ4v) is 5.19. The molecule has 2 fully saturated rings. The number of carboxylic acids is 1. The van der Waals surface area contributed by atoms with Crippen molar-refractivity contribution < 1.29 is 14.7 Å². The number of hydrogen-bond donors (Lipinski definition) is 1. The number of aliphatic carboxylic acids is 1. The lowest BCUT2D eigenvalue weighted by Crippen LogP contribution is -2.42. The third kappa shape index (κ3) is 2.88. The lowest BCUT2D eigenvalue weighted by Gasteiger charge is -2.46. The Morgan fingerprint density at radius 2 is 2.08 bits per heavy atom. The molecule has 1 unspecified atom stereocenters. The maximum Gasteiger partial charge on any atom is 0.312 e. The van der Waals surface area contributed by atoms with E-state index >= 15 is 0 Å². The SMILES string of the molecule is O=C1CC[C@@]2(Cc3ccccc3)C3=CC(C(=O)O)CN3CCC[C@H]2C1. The molecule has 25 heavy (non-hydrogen) atoms. The summed E-state index contributed by atoms with van der Waals surface area (Å²) in [6, 6.07) is 10.5. The zero-order valence-electron chi connectivity index (χ0n) is 14.5. The second-order valence-electron chi connectivity index (χ2n) is 7.84. The van der Waals surface area contributed by atoms with E-state index in [2.05, 4.69) is 29.2 Å². The molecule has 0 spiro atoms. The lowest BCUT2D eigenvalue weighted by atomic mass is 9.60. The number of fused-ring (bicyclic) bond motifs is 3. The third-order valence-electron chi connectivity index (χ3n) is 6.39. The molecular formula is C21H25NO3. The van der Waals surface area contributed by atoms with Crippen LogP contribution in [0.25, 0.3) is 0 Å². The Balaban J connectivity index is 1.78. The molecule has 3 atom stereocenters. The lowest BCUT2D eigenvalue weighted by molar-refractivity contribution is -0.140. The highest BCUT2D eigenvalue weighted by Gasteiger charge is 2.50. The molecule has 4 heteroatoms.